The van der Waals surface area contributed by atoms with E-state index in [0.717, 1.165) is 12.8 Å². The van der Waals surface area contributed by atoms with Crippen LogP contribution in [0.5, 0.6) is 0 Å². The molecule has 0 bridgehead atoms. The molecule has 2 aromatic carbocycles. The Bertz CT molecular complexity index is 965. The number of aliphatic hydroxyl groups excluding tert-OH is 1. The quantitative estimate of drug-likeness (QED) is 0.464. The van der Waals surface area contributed by atoms with Crippen LogP contribution >= 0.6 is 11.6 Å². The number of nitrogens with zero attached hydrogens (tertiary/aromatic N) is 1. The normalized spacial score (nSPS) is 23.7. The van der Waals surface area contributed by atoms with Gasteiger partial charge in [0.05, 0.1) is 17.7 Å². The van der Waals surface area contributed by atoms with E-state index in [-0.39, 0.29) is 29.5 Å². The zero-order valence-corrected chi connectivity index (χ0v) is 16.2. The number of amides is 1. The lowest BCUT2D eigenvalue weighted by Gasteiger charge is -2.27. The fraction of sp³-hybridized carbons (Fsp3) is 0.273. The summed E-state index contributed by atoms with van der Waals surface area (Å²) in [4.78, 5) is 27.1. The Kier molecular flexibility index (Phi) is 5.39. The van der Waals surface area contributed by atoms with Crippen molar-refractivity contribution in [2.45, 2.75) is 25.0 Å². The standard InChI is InChI=1S/C22H19ClFNO4/c23-15-7-3-13(4-8-15)19-18(20(26)14-5-9-16(24)10-6-14)21(27)22(28)25(19)12-17-2-1-11-29-17/h3-10,17,19,26H,1-2,11-12H2/t17-,19+/m1/s1. The van der Waals surface area contributed by atoms with Gasteiger partial charge in [0.15, 0.2) is 0 Å². The first-order chi connectivity index (χ1) is 14.0. The number of carbonyl (C=O) groups is 2. The molecule has 0 aliphatic carbocycles. The maximum Gasteiger partial charge on any atom is 0.295 e. The van der Waals surface area contributed by atoms with Crippen LogP contribution < -0.4 is 0 Å². The van der Waals surface area contributed by atoms with Gasteiger partial charge in [-0.15, -0.1) is 0 Å². The van der Waals surface area contributed by atoms with Crippen molar-refractivity contribution in [3.05, 3.63) is 76.1 Å². The maximum absolute atomic E-state index is 13.3. The summed E-state index contributed by atoms with van der Waals surface area (Å²) in [6.07, 6.45) is 1.54. The van der Waals surface area contributed by atoms with Crippen molar-refractivity contribution in [3.8, 4) is 0 Å². The lowest BCUT2D eigenvalue weighted by molar-refractivity contribution is -0.140. The molecule has 150 valence electrons. The third-order valence-corrected chi connectivity index (χ3v) is 5.52. The van der Waals surface area contributed by atoms with Gasteiger partial charge in [0.1, 0.15) is 11.6 Å². The summed E-state index contributed by atoms with van der Waals surface area (Å²) in [6, 6.07) is 11.1. The van der Waals surface area contributed by atoms with Crippen LogP contribution in [0.3, 0.4) is 0 Å². The molecule has 1 N–H and O–H groups in total. The van der Waals surface area contributed by atoms with Crippen molar-refractivity contribution >= 4 is 29.1 Å². The van der Waals surface area contributed by atoms with Crippen molar-refractivity contribution < 1.29 is 23.8 Å². The Morgan fingerprint density at radius 2 is 1.83 bits per heavy atom. The van der Waals surface area contributed by atoms with E-state index >= 15 is 0 Å². The number of Topliss-reactive ketones (excluding diaryl/α,β-unsaturated/α-hetero) is 1. The smallest absolute Gasteiger partial charge is 0.295 e. The van der Waals surface area contributed by atoms with Gasteiger partial charge in [-0.25, -0.2) is 4.39 Å². The third-order valence-electron chi connectivity index (χ3n) is 5.27. The summed E-state index contributed by atoms with van der Waals surface area (Å²) in [6.45, 7) is 0.869. The molecule has 29 heavy (non-hydrogen) atoms. The largest absolute Gasteiger partial charge is 0.507 e. The van der Waals surface area contributed by atoms with Crippen molar-refractivity contribution in [3.63, 3.8) is 0 Å². The number of hydrogen-bond donors (Lipinski definition) is 1. The Morgan fingerprint density at radius 3 is 2.45 bits per heavy atom. The number of benzene rings is 2. The van der Waals surface area contributed by atoms with Gasteiger partial charge in [-0.3, -0.25) is 9.59 Å². The number of ether oxygens (including phenoxy) is 1. The van der Waals surface area contributed by atoms with Crippen LogP contribution in [0.25, 0.3) is 5.76 Å². The van der Waals surface area contributed by atoms with Crippen LogP contribution in [-0.2, 0) is 14.3 Å². The average molecular weight is 416 g/mol. The van der Waals surface area contributed by atoms with Crippen molar-refractivity contribution in [1.29, 1.82) is 0 Å². The molecule has 0 unspecified atom stereocenters. The third kappa shape index (κ3) is 3.78. The van der Waals surface area contributed by atoms with Crippen LogP contribution in [0, 0.1) is 5.82 Å². The molecule has 0 radical (unpaired) electrons. The SMILES string of the molecule is O=C1C(=O)N(C[C@H]2CCCO2)[C@@H](c2ccc(Cl)cc2)C1=C(O)c1ccc(F)cc1. The van der Waals surface area contributed by atoms with Gasteiger partial charge in [-0.2, -0.15) is 0 Å². The Labute approximate surface area is 172 Å². The van der Waals surface area contributed by atoms with E-state index in [1.54, 1.807) is 24.3 Å². The molecule has 2 aromatic rings. The zero-order chi connectivity index (χ0) is 20.5. The molecule has 7 heteroatoms. The van der Waals surface area contributed by atoms with E-state index < -0.39 is 23.5 Å². The molecule has 2 atom stereocenters. The zero-order valence-electron chi connectivity index (χ0n) is 15.5. The van der Waals surface area contributed by atoms with Gasteiger partial charge < -0.3 is 14.7 Å². The van der Waals surface area contributed by atoms with E-state index in [2.05, 4.69) is 0 Å². The molecule has 5 nitrogen and oxygen atoms in total. The lowest BCUT2D eigenvalue weighted by Crippen LogP contribution is -2.36. The van der Waals surface area contributed by atoms with Crippen LogP contribution in [0.2, 0.25) is 5.02 Å². The molecule has 0 saturated carbocycles. The van der Waals surface area contributed by atoms with Crippen LogP contribution in [0.4, 0.5) is 4.39 Å². The summed E-state index contributed by atoms with van der Waals surface area (Å²) in [5, 5.41) is 11.4. The van der Waals surface area contributed by atoms with Crippen LogP contribution in [0.15, 0.2) is 54.1 Å². The molecule has 2 saturated heterocycles. The monoisotopic (exact) mass is 415 g/mol. The first kappa shape index (κ1) is 19.6. The summed E-state index contributed by atoms with van der Waals surface area (Å²) in [5.41, 5.74) is 0.887. The Balaban J connectivity index is 1.81. The lowest BCUT2D eigenvalue weighted by atomic mass is 9.95. The summed E-state index contributed by atoms with van der Waals surface area (Å²) < 4.78 is 18.9. The first-order valence-corrected chi connectivity index (χ1v) is 9.75. The Hall–Kier alpha value is -2.70. The van der Waals surface area contributed by atoms with Gasteiger partial charge in [0.25, 0.3) is 11.7 Å². The molecular weight excluding hydrogens is 397 g/mol. The Morgan fingerprint density at radius 1 is 1.14 bits per heavy atom. The van der Waals surface area contributed by atoms with E-state index in [0.29, 0.717) is 17.2 Å². The number of halogens is 2. The van der Waals surface area contributed by atoms with Gasteiger partial charge >= 0.3 is 0 Å². The van der Waals surface area contributed by atoms with Crippen LogP contribution in [-0.4, -0.2) is 41.0 Å². The molecular formula is C22H19ClFNO4. The second-order valence-electron chi connectivity index (χ2n) is 7.14. The molecule has 0 spiro atoms. The minimum absolute atomic E-state index is 0.0260. The number of ketones is 1. The maximum atomic E-state index is 13.3. The minimum atomic E-state index is -0.776. The van der Waals surface area contributed by atoms with E-state index in [1.807, 2.05) is 0 Å². The highest BCUT2D eigenvalue weighted by Gasteiger charge is 2.47. The second kappa shape index (κ2) is 7.97. The molecule has 4 rings (SSSR count). The summed E-state index contributed by atoms with van der Waals surface area (Å²) >= 11 is 5.99. The molecule has 2 aliphatic heterocycles. The van der Waals surface area contributed by atoms with E-state index in [4.69, 9.17) is 16.3 Å². The number of carbonyl (C=O) groups excluding carboxylic acids is 2. The molecule has 2 aliphatic rings. The van der Waals surface area contributed by atoms with Gasteiger partial charge in [0, 0.05) is 23.7 Å². The van der Waals surface area contributed by atoms with Crippen LogP contribution in [0.1, 0.15) is 30.0 Å². The molecule has 2 heterocycles. The highest BCUT2D eigenvalue weighted by atomic mass is 35.5. The van der Waals surface area contributed by atoms with Gasteiger partial charge in [-0.05, 0) is 54.8 Å². The van der Waals surface area contributed by atoms with Gasteiger partial charge in [0.2, 0.25) is 0 Å². The summed E-state index contributed by atoms with van der Waals surface area (Å²) in [7, 11) is 0. The second-order valence-corrected chi connectivity index (χ2v) is 7.58. The van der Waals surface area contributed by atoms with Gasteiger partial charge in [-0.1, -0.05) is 23.7 Å². The number of likely N-dealkylation sites (tertiary alicyclic amines) is 1. The average Bonchev–Trinajstić information content (AvgIpc) is 3.31. The topological polar surface area (TPSA) is 66.8 Å². The molecule has 2 fully saturated rings. The number of rotatable bonds is 4. The number of aliphatic hydroxyl groups is 1. The molecule has 1 amide bonds. The van der Waals surface area contributed by atoms with Crippen molar-refractivity contribution in [2.24, 2.45) is 0 Å². The predicted molar refractivity (Wildman–Crippen MR) is 106 cm³/mol. The van der Waals surface area contributed by atoms with Crippen molar-refractivity contribution in [2.75, 3.05) is 13.2 Å². The highest BCUT2D eigenvalue weighted by Crippen LogP contribution is 2.40. The predicted octanol–water partition coefficient (Wildman–Crippen LogP) is 4.08. The highest BCUT2D eigenvalue weighted by molar-refractivity contribution is 6.46. The number of hydrogen-bond acceptors (Lipinski definition) is 4. The summed E-state index contributed by atoms with van der Waals surface area (Å²) in [5.74, 6) is -2.26. The fourth-order valence-electron chi connectivity index (χ4n) is 3.83. The van der Waals surface area contributed by atoms with E-state index in [1.165, 1.54) is 29.2 Å². The fourth-order valence-corrected chi connectivity index (χ4v) is 3.96. The first-order valence-electron chi connectivity index (χ1n) is 9.37. The minimum Gasteiger partial charge on any atom is -0.507 e. The molecule has 0 aromatic heterocycles. The van der Waals surface area contributed by atoms with Crippen molar-refractivity contribution in [1.82, 2.24) is 4.90 Å². The van der Waals surface area contributed by atoms with E-state index in [9.17, 15) is 19.1 Å².